The molecule has 29 heavy (non-hydrogen) atoms. The van der Waals surface area contributed by atoms with Crippen molar-refractivity contribution in [3.8, 4) is 0 Å². The fraction of sp³-hybridized carbons (Fsp3) is 0.409. The van der Waals surface area contributed by atoms with E-state index in [0.29, 0.717) is 13.1 Å². The SMILES string of the molecule is CCN(Cc1ccccc1)C(=O)[C@@H](C)N1CCN(c2ccc([N+](=O)[O-])cc2)CC1. The van der Waals surface area contributed by atoms with Gasteiger partial charge in [0, 0.05) is 57.1 Å². The molecule has 1 aliphatic heterocycles. The van der Waals surface area contributed by atoms with Gasteiger partial charge in [-0.25, -0.2) is 0 Å². The Morgan fingerprint density at radius 1 is 1.07 bits per heavy atom. The molecular formula is C22H28N4O3. The van der Waals surface area contributed by atoms with Crippen LogP contribution < -0.4 is 4.90 Å². The number of hydrogen-bond donors (Lipinski definition) is 0. The molecule has 7 heteroatoms. The van der Waals surface area contributed by atoms with Gasteiger partial charge in [-0.05, 0) is 31.5 Å². The maximum Gasteiger partial charge on any atom is 0.269 e. The molecule has 1 fully saturated rings. The predicted octanol–water partition coefficient (Wildman–Crippen LogP) is 3.15. The molecule has 2 aromatic carbocycles. The van der Waals surface area contributed by atoms with Gasteiger partial charge in [-0.15, -0.1) is 0 Å². The van der Waals surface area contributed by atoms with Crippen molar-refractivity contribution < 1.29 is 9.72 Å². The van der Waals surface area contributed by atoms with Crippen molar-refractivity contribution in [2.45, 2.75) is 26.4 Å². The Hall–Kier alpha value is -2.93. The molecule has 0 bridgehead atoms. The van der Waals surface area contributed by atoms with Crippen molar-refractivity contribution in [1.82, 2.24) is 9.80 Å². The second-order valence-electron chi connectivity index (χ2n) is 7.31. The van der Waals surface area contributed by atoms with Crippen molar-refractivity contribution in [2.75, 3.05) is 37.6 Å². The molecule has 0 unspecified atom stereocenters. The monoisotopic (exact) mass is 396 g/mol. The summed E-state index contributed by atoms with van der Waals surface area (Å²) >= 11 is 0. The van der Waals surface area contributed by atoms with E-state index in [2.05, 4.69) is 9.80 Å². The van der Waals surface area contributed by atoms with Crippen molar-refractivity contribution in [2.24, 2.45) is 0 Å². The summed E-state index contributed by atoms with van der Waals surface area (Å²) in [7, 11) is 0. The minimum atomic E-state index is -0.385. The van der Waals surface area contributed by atoms with Crippen LogP contribution in [0.5, 0.6) is 0 Å². The highest BCUT2D eigenvalue weighted by atomic mass is 16.6. The number of nitrogens with zero attached hydrogens (tertiary/aromatic N) is 4. The van der Waals surface area contributed by atoms with E-state index in [4.69, 9.17) is 0 Å². The summed E-state index contributed by atoms with van der Waals surface area (Å²) in [5.74, 6) is 0.153. The zero-order valence-corrected chi connectivity index (χ0v) is 17.0. The lowest BCUT2D eigenvalue weighted by Gasteiger charge is -2.39. The van der Waals surface area contributed by atoms with Gasteiger partial charge in [0.1, 0.15) is 0 Å². The summed E-state index contributed by atoms with van der Waals surface area (Å²) in [5, 5.41) is 10.8. The molecule has 1 aliphatic rings. The minimum absolute atomic E-state index is 0.102. The van der Waals surface area contributed by atoms with E-state index in [1.54, 1.807) is 12.1 Å². The number of rotatable bonds is 7. The first kappa shape index (κ1) is 20.8. The summed E-state index contributed by atoms with van der Waals surface area (Å²) in [6.45, 7) is 8.46. The first-order valence-corrected chi connectivity index (χ1v) is 10.1. The number of non-ortho nitro benzene ring substituents is 1. The number of amides is 1. The Bertz CT molecular complexity index is 818. The van der Waals surface area contributed by atoms with Crippen molar-refractivity contribution in [3.05, 3.63) is 70.3 Å². The van der Waals surface area contributed by atoms with Gasteiger partial charge in [0.15, 0.2) is 0 Å². The molecule has 154 valence electrons. The Kier molecular flexibility index (Phi) is 6.82. The van der Waals surface area contributed by atoms with E-state index in [0.717, 1.165) is 37.4 Å². The maximum absolute atomic E-state index is 13.0. The highest BCUT2D eigenvalue weighted by Crippen LogP contribution is 2.21. The lowest BCUT2D eigenvalue weighted by molar-refractivity contribution is -0.384. The van der Waals surface area contributed by atoms with Crippen LogP contribution in [0, 0.1) is 10.1 Å². The fourth-order valence-electron chi connectivity index (χ4n) is 3.72. The van der Waals surface area contributed by atoms with Gasteiger partial charge >= 0.3 is 0 Å². The van der Waals surface area contributed by atoms with Gasteiger partial charge in [-0.1, -0.05) is 30.3 Å². The number of likely N-dealkylation sites (N-methyl/N-ethyl adjacent to an activating group) is 1. The molecule has 1 amide bonds. The summed E-state index contributed by atoms with van der Waals surface area (Å²) in [4.78, 5) is 29.8. The van der Waals surface area contributed by atoms with E-state index in [9.17, 15) is 14.9 Å². The summed E-state index contributed by atoms with van der Waals surface area (Å²) in [6.07, 6.45) is 0. The molecule has 0 aliphatic carbocycles. The van der Waals surface area contributed by atoms with E-state index in [-0.39, 0.29) is 22.6 Å². The van der Waals surface area contributed by atoms with Crippen molar-refractivity contribution in [1.29, 1.82) is 0 Å². The highest BCUT2D eigenvalue weighted by molar-refractivity contribution is 5.81. The number of nitro benzene ring substituents is 1. The molecule has 0 radical (unpaired) electrons. The topological polar surface area (TPSA) is 69.9 Å². The third-order valence-electron chi connectivity index (χ3n) is 5.55. The molecule has 3 rings (SSSR count). The largest absolute Gasteiger partial charge is 0.369 e. The average Bonchev–Trinajstić information content (AvgIpc) is 2.77. The normalized spacial score (nSPS) is 15.7. The van der Waals surface area contributed by atoms with Crippen LogP contribution in [0.15, 0.2) is 54.6 Å². The lowest BCUT2D eigenvalue weighted by atomic mass is 10.1. The van der Waals surface area contributed by atoms with Gasteiger partial charge in [0.05, 0.1) is 11.0 Å². The van der Waals surface area contributed by atoms with Crippen LogP contribution in [0.4, 0.5) is 11.4 Å². The Morgan fingerprint density at radius 2 is 1.69 bits per heavy atom. The van der Waals surface area contributed by atoms with Crippen LogP contribution in [-0.4, -0.2) is 59.4 Å². The smallest absolute Gasteiger partial charge is 0.269 e. The molecule has 1 heterocycles. The maximum atomic E-state index is 13.0. The molecule has 0 aromatic heterocycles. The molecule has 1 atom stereocenters. The summed E-state index contributed by atoms with van der Waals surface area (Å²) < 4.78 is 0. The van der Waals surface area contributed by atoms with Crippen LogP contribution in [-0.2, 0) is 11.3 Å². The van der Waals surface area contributed by atoms with Gasteiger partial charge < -0.3 is 9.80 Å². The highest BCUT2D eigenvalue weighted by Gasteiger charge is 2.28. The Morgan fingerprint density at radius 3 is 2.24 bits per heavy atom. The third kappa shape index (κ3) is 5.12. The van der Waals surface area contributed by atoms with Crippen LogP contribution in [0.1, 0.15) is 19.4 Å². The number of nitro groups is 1. The average molecular weight is 396 g/mol. The number of carbonyl (C=O) groups is 1. The molecule has 0 saturated carbocycles. The second kappa shape index (κ2) is 9.52. The van der Waals surface area contributed by atoms with Crippen LogP contribution in [0.3, 0.4) is 0 Å². The molecule has 0 N–H and O–H groups in total. The van der Waals surface area contributed by atoms with Gasteiger partial charge in [-0.3, -0.25) is 19.8 Å². The van der Waals surface area contributed by atoms with Gasteiger partial charge in [0.2, 0.25) is 5.91 Å². The zero-order chi connectivity index (χ0) is 20.8. The Balaban J connectivity index is 1.56. The van der Waals surface area contributed by atoms with Gasteiger partial charge in [0.25, 0.3) is 5.69 Å². The molecule has 2 aromatic rings. The Labute approximate surface area is 171 Å². The van der Waals surface area contributed by atoms with Gasteiger partial charge in [-0.2, -0.15) is 0 Å². The second-order valence-corrected chi connectivity index (χ2v) is 7.31. The van der Waals surface area contributed by atoms with E-state index in [1.807, 2.05) is 49.1 Å². The third-order valence-corrected chi connectivity index (χ3v) is 5.55. The zero-order valence-electron chi connectivity index (χ0n) is 17.0. The summed E-state index contributed by atoms with van der Waals surface area (Å²) in [6, 6.07) is 16.6. The molecule has 7 nitrogen and oxygen atoms in total. The summed E-state index contributed by atoms with van der Waals surface area (Å²) in [5.41, 5.74) is 2.22. The number of hydrogen-bond acceptors (Lipinski definition) is 5. The number of carbonyl (C=O) groups excluding carboxylic acids is 1. The first-order chi connectivity index (χ1) is 14.0. The van der Waals surface area contributed by atoms with Crippen LogP contribution >= 0.6 is 0 Å². The molecule has 0 spiro atoms. The molecular weight excluding hydrogens is 368 g/mol. The van der Waals surface area contributed by atoms with E-state index >= 15 is 0 Å². The van der Waals surface area contributed by atoms with Crippen LogP contribution in [0.2, 0.25) is 0 Å². The predicted molar refractivity (Wildman–Crippen MR) is 114 cm³/mol. The number of piperazine rings is 1. The fourth-order valence-corrected chi connectivity index (χ4v) is 3.72. The molecule has 1 saturated heterocycles. The van der Waals surface area contributed by atoms with Crippen molar-refractivity contribution in [3.63, 3.8) is 0 Å². The quantitative estimate of drug-likeness (QED) is 0.531. The number of benzene rings is 2. The van der Waals surface area contributed by atoms with E-state index < -0.39 is 0 Å². The standard InChI is InChI=1S/C22H28N4O3/c1-3-23(17-19-7-5-4-6-8-19)22(27)18(2)24-13-15-25(16-14-24)20-9-11-21(12-10-20)26(28)29/h4-12,18H,3,13-17H2,1-2H3/t18-/m1/s1. The lowest BCUT2D eigenvalue weighted by Crippen LogP contribution is -2.54. The number of anilines is 1. The van der Waals surface area contributed by atoms with E-state index in [1.165, 1.54) is 12.1 Å². The minimum Gasteiger partial charge on any atom is -0.369 e. The van der Waals surface area contributed by atoms with Crippen molar-refractivity contribution >= 4 is 17.3 Å². The first-order valence-electron chi connectivity index (χ1n) is 10.1. The van der Waals surface area contributed by atoms with Crippen LogP contribution in [0.25, 0.3) is 0 Å².